The van der Waals surface area contributed by atoms with E-state index < -0.39 is 18.8 Å². The molecule has 0 saturated carbocycles. The van der Waals surface area contributed by atoms with Crippen LogP contribution in [0.15, 0.2) is 36.5 Å². The lowest BCUT2D eigenvalue weighted by atomic mass is 10.1. The average molecular weight is 361 g/mol. The maximum atomic E-state index is 12.7. The Bertz CT molecular complexity index is 812. The van der Waals surface area contributed by atoms with E-state index in [1.807, 2.05) is 18.2 Å². The maximum absolute atomic E-state index is 12.7. The van der Waals surface area contributed by atoms with Gasteiger partial charge in [0.2, 0.25) is 12.3 Å². The molecule has 1 aliphatic rings. The van der Waals surface area contributed by atoms with Crippen LogP contribution in [0.4, 0.5) is 8.78 Å². The highest BCUT2D eigenvalue weighted by Gasteiger charge is 2.29. The minimum absolute atomic E-state index is 0.0680. The summed E-state index contributed by atoms with van der Waals surface area (Å²) in [6.45, 7) is 1.50. The topological polar surface area (TPSA) is 53.5 Å². The Morgan fingerprint density at radius 3 is 2.92 bits per heavy atom. The number of likely N-dealkylation sites (tertiary alicyclic amines) is 1. The number of aromatic nitrogens is 1. The second-order valence-electron chi connectivity index (χ2n) is 6.69. The summed E-state index contributed by atoms with van der Waals surface area (Å²) in [5.41, 5.74) is 1.35. The summed E-state index contributed by atoms with van der Waals surface area (Å²) >= 11 is 0. The molecule has 7 heteroatoms. The van der Waals surface area contributed by atoms with Gasteiger partial charge in [-0.05, 0) is 30.5 Å². The highest BCUT2D eigenvalue weighted by Crippen LogP contribution is 2.21. The van der Waals surface area contributed by atoms with Crippen molar-refractivity contribution in [1.29, 1.82) is 0 Å². The zero-order chi connectivity index (χ0) is 18.7. The Labute approximate surface area is 150 Å². The minimum Gasteiger partial charge on any atom is -0.345 e. The van der Waals surface area contributed by atoms with Crippen LogP contribution in [0.5, 0.6) is 0 Å². The normalized spacial score (nSPS) is 17.1. The Kier molecular flexibility index (Phi) is 5.44. The molecule has 1 unspecified atom stereocenters. The van der Waals surface area contributed by atoms with Gasteiger partial charge in [0.25, 0.3) is 5.91 Å². The van der Waals surface area contributed by atoms with Crippen molar-refractivity contribution >= 4 is 22.7 Å². The van der Waals surface area contributed by atoms with Crippen LogP contribution in [0.3, 0.4) is 0 Å². The first kappa shape index (κ1) is 18.2. The van der Waals surface area contributed by atoms with Crippen molar-refractivity contribution in [3.63, 3.8) is 0 Å². The van der Waals surface area contributed by atoms with Gasteiger partial charge in [-0.25, -0.2) is 8.78 Å². The SMILES string of the molecule is CN(CC1CCN(C(=O)c2ccc3cccnc3c2)C1)C(=O)CC(F)F. The molecule has 1 aliphatic heterocycles. The van der Waals surface area contributed by atoms with Crippen LogP contribution in [0.1, 0.15) is 23.2 Å². The molecule has 1 aromatic heterocycles. The van der Waals surface area contributed by atoms with E-state index in [2.05, 4.69) is 4.98 Å². The lowest BCUT2D eigenvalue weighted by Crippen LogP contribution is -2.35. The van der Waals surface area contributed by atoms with Crippen LogP contribution >= 0.6 is 0 Å². The van der Waals surface area contributed by atoms with Crippen LogP contribution in [0, 0.1) is 5.92 Å². The van der Waals surface area contributed by atoms with Crippen LogP contribution < -0.4 is 0 Å². The van der Waals surface area contributed by atoms with Gasteiger partial charge in [0, 0.05) is 43.8 Å². The molecule has 0 radical (unpaired) electrons. The van der Waals surface area contributed by atoms with Gasteiger partial charge in [-0.1, -0.05) is 12.1 Å². The largest absolute Gasteiger partial charge is 0.345 e. The number of hydrogen-bond donors (Lipinski definition) is 0. The number of benzene rings is 1. The Morgan fingerprint density at radius 1 is 1.35 bits per heavy atom. The van der Waals surface area contributed by atoms with Crippen molar-refractivity contribution in [2.45, 2.75) is 19.3 Å². The molecule has 5 nitrogen and oxygen atoms in total. The Hall–Kier alpha value is -2.57. The summed E-state index contributed by atoms with van der Waals surface area (Å²) in [6.07, 6.45) is -0.942. The predicted octanol–water partition coefficient (Wildman–Crippen LogP) is 2.81. The molecule has 0 spiro atoms. The van der Waals surface area contributed by atoms with E-state index >= 15 is 0 Å². The molecule has 0 N–H and O–H groups in total. The van der Waals surface area contributed by atoms with E-state index in [0.717, 1.165) is 17.3 Å². The molecule has 26 heavy (non-hydrogen) atoms. The third-order valence-electron chi connectivity index (χ3n) is 4.71. The summed E-state index contributed by atoms with van der Waals surface area (Å²) < 4.78 is 24.6. The molecular formula is C19H21F2N3O2. The highest BCUT2D eigenvalue weighted by molar-refractivity contribution is 5.97. The first-order chi connectivity index (χ1) is 12.4. The number of hydrogen-bond acceptors (Lipinski definition) is 3. The van der Waals surface area contributed by atoms with E-state index in [1.165, 1.54) is 11.9 Å². The molecular weight excluding hydrogens is 340 g/mol. The Balaban J connectivity index is 1.60. The number of rotatable bonds is 5. The minimum atomic E-state index is -2.63. The van der Waals surface area contributed by atoms with Crippen molar-refractivity contribution < 1.29 is 18.4 Å². The molecule has 1 aromatic carbocycles. The molecule has 2 amide bonds. The van der Waals surface area contributed by atoms with Crippen molar-refractivity contribution in [2.75, 3.05) is 26.7 Å². The molecule has 3 rings (SSSR count). The number of alkyl halides is 2. The molecule has 1 fully saturated rings. The van der Waals surface area contributed by atoms with Gasteiger partial charge in [-0.15, -0.1) is 0 Å². The fraction of sp³-hybridized carbons (Fsp3) is 0.421. The summed E-state index contributed by atoms with van der Waals surface area (Å²) in [5, 5.41) is 0.975. The second-order valence-corrected chi connectivity index (χ2v) is 6.69. The highest BCUT2D eigenvalue weighted by atomic mass is 19.3. The van der Waals surface area contributed by atoms with Crippen molar-refractivity contribution in [3.05, 3.63) is 42.1 Å². The van der Waals surface area contributed by atoms with Gasteiger partial charge in [-0.3, -0.25) is 14.6 Å². The van der Waals surface area contributed by atoms with Gasteiger partial charge in [0.1, 0.15) is 0 Å². The van der Waals surface area contributed by atoms with E-state index in [9.17, 15) is 18.4 Å². The smallest absolute Gasteiger partial charge is 0.253 e. The summed E-state index contributed by atoms with van der Waals surface area (Å²) in [7, 11) is 1.53. The lowest BCUT2D eigenvalue weighted by molar-refractivity contribution is -0.133. The zero-order valence-corrected chi connectivity index (χ0v) is 14.6. The van der Waals surface area contributed by atoms with Crippen LogP contribution in [0.25, 0.3) is 10.9 Å². The number of halogens is 2. The monoisotopic (exact) mass is 361 g/mol. The van der Waals surface area contributed by atoms with Crippen LogP contribution in [-0.2, 0) is 4.79 Å². The zero-order valence-electron chi connectivity index (χ0n) is 14.6. The molecule has 2 heterocycles. The number of amides is 2. The van der Waals surface area contributed by atoms with Gasteiger partial charge in [0.15, 0.2) is 0 Å². The molecule has 1 atom stereocenters. The second kappa shape index (κ2) is 7.76. The van der Waals surface area contributed by atoms with Crippen molar-refractivity contribution in [2.24, 2.45) is 5.92 Å². The average Bonchev–Trinajstić information content (AvgIpc) is 3.08. The van der Waals surface area contributed by atoms with E-state index in [0.29, 0.717) is 25.2 Å². The molecule has 0 bridgehead atoms. The summed E-state index contributed by atoms with van der Waals surface area (Å²) in [5.74, 6) is -0.531. The molecule has 0 aliphatic carbocycles. The number of pyridine rings is 1. The van der Waals surface area contributed by atoms with Gasteiger partial charge < -0.3 is 9.80 Å². The maximum Gasteiger partial charge on any atom is 0.253 e. The lowest BCUT2D eigenvalue weighted by Gasteiger charge is -2.22. The van der Waals surface area contributed by atoms with Crippen LogP contribution in [0.2, 0.25) is 0 Å². The van der Waals surface area contributed by atoms with Crippen molar-refractivity contribution in [1.82, 2.24) is 14.8 Å². The van der Waals surface area contributed by atoms with Gasteiger partial charge in [-0.2, -0.15) is 0 Å². The van der Waals surface area contributed by atoms with E-state index in [-0.39, 0.29) is 11.8 Å². The molecule has 138 valence electrons. The summed E-state index contributed by atoms with van der Waals surface area (Å²) in [6, 6.07) is 9.23. The van der Waals surface area contributed by atoms with Gasteiger partial charge in [0.05, 0.1) is 11.9 Å². The fourth-order valence-corrected chi connectivity index (χ4v) is 3.33. The number of carbonyl (C=O) groups is 2. The quantitative estimate of drug-likeness (QED) is 0.823. The van der Waals surface area contributed by atoms with Gasteiger partial charge >= 0.3 is 0 Å². The standard InChI is InChI=1S/C19H21F2N3O2/c1-23(18(25)10-17(20)21)11-13-6-8-24(12-13)19(26)15-5-4-14-3-2-7-22-16(14)9-15/h2-5,7,9,13,17H,6,8,10-12H2,1H3. The first-order valence-corrected chi connectivity index (χ1v) is 8.60. The fourth-order valence-electron chi connectivity index (χ4n) is 3.33. The number of carbonyl (C=O) groups excluding carboxylic acids is 2. The molecule has 2 aromatic rings. The van der Waals surface area contributed by atoms with E-state index in [4.69, 9.17) is 0 Å². The van der Waals surface area contributed by atoms with Crippen molar-refractivity contribution in [3.8, 4) is 0 Å². The third kappa shape index (κ3) is 4.15. The third-order valence-corrected chi connectivity index (χ3v) is 4.71. The van der Waals surface area contributed by atoms with Crippen LogP contribution in [-0.4, -0.2) is 59.7 Å². The predicted molar refractivity (Wildman–Crippen MR) is 94.0 cm³/mol. The summed E-state index contributed by atoms with van der Waals surface area (Å²) in [4.78, 5) is 31.7. The van der Waals surface area contributed by atoms with E-state index in [1.54, 1.807) is 23.2 Å². The first-order valence-electron chi connectivity index (χ1n) is 8.60. The Morgan fingerprint density at radius 2 is 2.15 bits per heavy atom. The number of fused-ring (bicyclic) bond motifs is 1. The molecule has 1 saturated heterocycles. The number of nitrogens with zero attached hydrogens (tertiary/aromatic N) is 3.